The van der Waals surface area contributed by atoms with Crippen molar-refractivity contribution in [3.05, 3.63) is 22.4 Å². The number of fused-ring (bicyclic) bond motifs is 1. The second-order valence-corrected chi connectivity index (χ2v) is 5.58. The molecule has 2 N–H and O–H groups in total. The predicted octanol–water partition coefficient (Wildman–Crippen LogP) is 0.694. The smallest absolute Gasteiger partial charge is 0.349 e. The number of hydrogen-bond donors (Lipinski definition) is 2. The van der Waals surface area contributed by atoms with Crippen LogP contribution in [0.4, 0.5) is 5.82 Å². The first kappa shape index (κ1) is 14.1. The van der Waals surface area contributed by atoms with Gasteiger partial charge >= 0.3 is 5.69 Å². The second-order valence-electron chi connectivity index (χ2n) is 5.58. The Hall–Kier alpha value is -1.89. The molecule has 1 fully saturated rings. The number of anilines is 1. The molecule has 3 heterocycles. The molecule has 7 heteroatoms. The number of H-pyrrole nitrogens is 1. The zero-order chi connectivity index (χ0) is 14.8. The van der Waals surface area contributed by atoms with Crippen LogP contribution in [-0.2, 0) is 0 Å². The topological polar surface area (TPSA) is 78.3 Å². The molecule has 0 radical (unpaired) electrons. The molecule has 7 nitrogen and oxygen atoms in total. The lowest BCUT2D eigenvalue weighted by atomic mass is 10.2. The molecular formula is C14H22N6O. The van der Waals surface area contributed by atoms with E-state index in [4.69, 9.17) is 0 Å². The van der Waals surface area contributed by atoms with Crippen molar-refractivity contribution in [3.8, 4) is 0 Å². The average Bonchev–Trinajstić information content (AvgIpc) is 3.06. The fraction of sp³-hybridized carbons (Fsp3) is 0.643. The monoisotopic (exact) mass is 290 g/mol. The van der Waals surface area contributed by atoms with E-state index in [-0.39, 0.29) is 5.69 Å². The van der Waals surface area contributed by atoms with Crippen LogP contribution >= 0.6 is 0 Å². The lowest BCUT2D eigenvalue weighted by molar-refractivity contribution is 0.568. The summed E-state index contributed by atoms with van der Waals surface area (Å²) in [7, 11) is 0. The van der Waals surface area contributed by atoms with E-state index in [1.807, 2.05) is 13.0 Å². The Morgan fingerprint density at radius 2 is 2.38 bits per heavy atom. The fourth-order valence-corrected chi connectivity index (χ4v) is 3.02. The van der Waals surface area contributed by atoms with Gasteiger partial charge in [0.05, 0.1) is 0 Å². The van der Waals surface area contributed by atoms with Crippen molar-refractivity contribution < 1.29 is 0 Å². The van der Waals surface area contributed by atoms with Crippen molar-refractivity contribution >= 4 is 11.5 Å². The van der Waals surface area contributed by atoms with Gasteiger partial charge in [0.2, 0.25) is 0 Å². The maximum atomic E-state index is 11.7. The third-order valence-corrected chi connectivity index (χ3v) is 4.03. The van der Waals surface area contributed by atoms with Crippen LogP contribution in [0.3, 0.4) is 0 Å². The van der Waals surface area contributed by atoms with Crippen molar-refractivity contribution in [1.82, 2.24) is 24.9 Å². The molecule has 114 valence electrons. The average molecular weight is 290 g/mol. The molecular weight excluding hydrogens is 268 g/mol. The Bertz CT molecular complexity index is 676. The number of hydrogen-bond acceptors (Lipinski definition) is 5. The highest BCUT2D eigenvalue weighted by molar-refractivity contribution is 5.52. The van der Waals surface area contributed by atoms with Crippen molar-refractivity contribution in [2.24, 2.45) is 0 Å². The zero-order valence-electron chi connectivity index (χ0n) is 12.6. The van der Waals surface area contributed by atoms with E-state index in [1.54, 1.807) is 0 Å². The van der Waals surface area contributed by atoms with Gasteiger partial charge in [-0.3, -0.25) is 0 Å². The number of aromatic amines is 1. The summed E-state index contributed by atoms with van der Waals surface area (Å²) in [5.74, 6) is 1.59. The van der Waals surface area contributed by atoms with Crippen molar-refractivity contribution in [3.63, 3.8) is 0 Å². The van der Waals surface area contributed by atoms with E-state index in [1.165, 1.54) is 17.2 Å². The van der Waals surface area contributed by atoms with Crippen LogP contribution in [0.25, 0.3) is 5.65 Å². The molecule has 1 atom stereocenters. The van der Waals surface area contributed by atoms with E-state index in [0.29, 0.717) is 17.5 Å². The largest absolute Gasteiger partial charge is 0.352 e. The lowest BCUT2D eigenvalue weighted by Gasteiger charge is -2.26. The molecule has 0 aliphatic carbocycles. The van der Waals surface area contributed by atoms with E-state index in [0.717, 1.165) is 31.9 Å². The molecule has 2 aromatic heterocycles. The highest BCUT2D eigenvalue weighted by atomic mass is 16.1. The summed E-state index contributed by atoms with van der Waals surface area (Å²) in [6.07, 6.45) is 3.50. The van der Waals surface area contributed by atoms with Crippen LogP contribution in [0.1, 0.15) is 32.0 Å². The van der Waals surface area contributed by atoms with Crippen molar-refractivity contribution in [1.29, 1.82) is 0 Å². The molecule has 1 aliphatic rings. The van der Waals surface area contributed by atoms with Crippen LogP contribution in [-0.4, -0.2) is 45.3 Å². The molecule has 1 unspecified atom stereocenters. The minimum absolute atomic E-state index is 0.232. The first-order valence-electron chi connectivity index (χ1n) is 7.63. The van der Waals surface area contributed by atoms with Gasteiger partial charge in [-0.25, -0.2) is 19.3 Å². The molecule has 2 aromatic rings. The van der Waals surface area contributed by atoms with Crippen molar-refractivity contribution in [2.45, 2.75) is 39.2 Å². The maximum Gasteiger partial charge on any atom is 0.349 e. The van der Waals surface area contributed by atoms with Gasteiger partial charge in [0.25, 0.3) is 0 Å². The summed E-state index contributed by atoms with van der Waals surface area (Å²) in [5, 5.41) is 10.0. The fourth-order valence-electron chi connectivity index (χ4n) is 3.02. The molecule has 1 saturated heterocycles. The number of aromatic nitrogens is 4. The molecule has 1 aliphatic heterocycles. The Balaban J connectivity index is 1.86. The minimum atomic E-state index is -0.232. The molecule has 0 aromatic carbocycles. The molecule has 0 saturated carbocycles. The molecule has 0 amide bonds. The van der Waals surface area contributed by atoms with Gasteiger partial charge in [-0.2, -0.15) is 5.10 Å². The summed E-state index contributed by atoms with van der Waals surface area (Å²) in [6, 6.07) is 2.36. The minimum Gasteiger partial charge on any atom is -0.352 e. The van der Waals surface area contributed by atoms with Gasteiger partial charge in [0.15, 0.2) is 5.65 Å². The summed E-state index contributed by atoms with van der Waals surface area (Å²) < 4.78 is 1.50. The van der Waals surface area contributed by atoms with Gasteiger partial charge in [0, 0.05) is 25.2 Å². The predicted molar refractivity (Wildman–Crippen MR) is 81.9 cm³/mol. The van der Waals surface area contributed by atoms with Gasteiger partial charge < -0.3 is 10.2 Å². The second kappa shape index (κ2) is 5.85. The Kier molecular flexibility index (Phi) is 3.92. The summed E-state index contributed by atoms with van der Waals surface area (Å²) >= 11 is 0. The first-order chi connectivity index (χ1) is 10.2. The standard InChI is InChI=1S/C14H22N6O/c1-3-6-15-9-11-5-4-7-19(11)12-8-13-17-18-14(21)20(13)10(2)16-12/h8,11,15H,3-7,9H2,1-2H3,(H,18,21). The zero-order valence-corrected chi connectivity index (χ0v) is 12.6. The van der Waals surface area contributed by atoms with Gasteiger partial charge in [-0.05, 0) is 32.7 Å². The summed E-state index contributed by atoms with van der Waals surface area (Å²) in [5.41, 5.74) is 0.402. The Morgan fingerprint density at radius 3 is 3.19 bits per heavy atom. The van der Waals surface area contributed by atoms with Crippen LogP contribution in [0.2, 0.25) is 0 Å². The van der Waals surface area contributed by atoms with Crippen LogP contribution in [0, 0.1) is 6.92 Å². The molecule has 0 spiro atoms. The highest BCUT2D eigenvalue weighted by Crippen LogP contribution is 2.24. The lowest BCUT2D eigenvalue weighted by Crippen LogP contribution is -2.38. The van der Waals surface area contributed by atoms with E-state index in [2.05, 4.69) is 32.3 Å². The third kappa shape index (κ3) is 2.65. The van der Waals surface area contributed by atoms with Crippen LogP contribution < -0.4 is 15.9 Å². The highest BCUT2D eigenvalue weighted by Gasteiger charge is 2.26. The van der Waals surface area contributed by atoms with Gasteiger partial charge in [-0.1, -0.05) is 6.92 Å². The Morgan fingerprint density at radius 1 is 1.52 bits per heavy atom. The number of aryl methyl sites for hydroxylation is 1. The molecule has 21 heavy (non-hydrogen) atoms. The molecule has 3 rings (SSSR count). The summed E-state index contributed by atoms with van der Waals surface area (Å²) in [4.78, 5) is 18.6. The number of rotatable bonds is 5. The SMILES string of the molecule is CCCNCC1CCCN1c1cc2n[nH]c(=O)n2c(C)n1. The van der Waals surface area contributed by atoms with E-state index >= 15 is 0 Å². The normalized spacial score (nSPS) is 18.8. The quantitative estimate of drug-likeness (QED) is 0.792. The summed E-state index contributed by atoms with van der Waals surface area (Å²) in [6.45, 7) is 7.05. The van der Waals surface area contributed by atoms with Gasteiger partial charge in [-0.15, -0.1) is 0 Å². The first-order valence-corrected chi connectivity index (χ1v) is 7.63. The third-order valence-electron chi connectivity index (χ3n) is 4.03. The van der Waals surface area contributed by atoms with Crippen LogP contribution in [0.15, 0.2) is 10.9 Å². The van der Waals surface area contributed by atoms with E-state index < -0.39 is 0 Å². The number of nitrogens with zero attached hydrogens (tertiary/aromatic N) is 4. The number of nitrogens with one attached hydrogen (secondary N) is 2. The van der Waals surface area contributed by atoms with Gasteiger partial charge in [0.1, 0.15) is 11.6 Å². The van der Waals surface area contributed by atoms with Crippen LogP contribution in [0.5, 0.6) is 0 Å². The van der Waals surface area contributed by atoms with Crippen molar-refractivity contribution in [2.75, 3.05) is 24.5 Å². The van der Waals surface area contributed by atoms with E-state index in [9.17, 15) is 4.79 Å². The maximum absolute atomic E-state index is 11.7. The Labute approximate surface area is 123 Å². The molecule has 0 bridgehead atoms.